The SMILES string of the molecule is CCC1CCCN1C(=O)N(CC(=O)O)c1ccc(C)cc1. The molecule has 1 aliphatic heterocycles. The third-order valence-electron chi connectivity index (χ3n) is 3.96. The molecule has 1 unspecified atom stereocenters. The maximum absolute atomic E-state index is 12.7. The van der Waals surface area contributed by atoms with Crippen LogP contribution >= 0.6 is 0 Å². The number of rotatable bonds is 4. The summed E-state index contributed by atoms with van der Waals surface area (Å²) in [7, 11) is 0. The van der Waals surface area contributed by atoms with Crippen LogP contribution in [0.2, 0.25) is 0 Å². The van der Waals surface area contributed by atoms with Gasteiger partial charge in [0.25, 0.3) is 0 Å². The van der Waals surface area contributed by atoms with Gasteiger partial charge < -0.3 is 10.0 Å². The highest BCUT2D eigenvalue weighted by Crippen LogP contribution is 2.24. The number of anilines is 1. The number of nitrogens with zero attached hydrogens (tertiary/aromatic N) is 2. The first-order valence-electron chi connectivity index (χ1n) is 7.39. The topological polar surface area (TPSA) is 60.9 Å². The van der Waals surface area contributed by atoms with Gasteiger partial charge >= 0.3 is 12.0 Å². The van der Waals surface area contributed by atoms with Crippen molar-refractivity contribution >= 4 is 17.7 Å². The fourth-order valence-electron chi connectivity index (χ4n) is 2.80. The van der Waals surface area contributed by atoms with Crippen molar-refractivity contribution in [3.05, 3.63) is 29.8 Å². The molecule has 5 heteroatoms. The molecule has 1 fully saturated rings. The molecule has 0 aliphatic carbocycles. The van der Waals surface area contributed by atoms with Crippen LogP contribution in [0.1, 0.15) is 31.7 Å². The van der Waals surface area contributed by atoms with Gasteiger partial charge in [0.05, 0.1) is 0 Å². The predicted molar refractivity (Wildman–Crippen MR) is 81.6 cm³/mol. The first kappa shape index (κ1) is 15.4. The van der Waals surface area contributed by atoms with Crippen molar-refractivity contribution in [2.75, 3.05) is 18.0 Å². The van der Waals surface area contributed by atoms with Crippen molar-refractivity contribution in [1.29, 1.82) is 0 Å². The van der Waals surface area contributed by atoms with Crippen molar-refractivity contribution in [2.24, 2.45) is 0 Å². The lowest BCUT2D eigenvalue weighted by atomic mass is 10.2. The summed E-state index contributed by atoms with van der Waals surface area (Å²) in [6.45, 7) is 4.42. The molecule has 1 aliphatic rings. The Morgan fingerprint density at radius 2 is 2.00 bits per heavy atom. The Bertz CT molecular complexity index is 513. The number of likely N-dealkylation sites (tertiary alicyclic amines) is 1. The number of aliphatic carboxylic acids is 1. The van der Waals surface area contributed by atoms with Crippen LogP contribution in [0.3, 0.4) is 0 Å². The van der Waals surface area contributed by atoms with Crippen LogP contribution < -0.4 is 4.90 Å². The zero-order valence-corrected chi connectivity index (χ0v) is 12.6. The highest BCUT2D eigenvalue weighted by Gasteiger charge is 2.32. The Morgan fingerprint density at radius 3 is 2.57 bits per heavy atom. The fraction of sp³-hybridized carbons (Fsp3) is 0.500. The largest absolute Gasteiger partial charge is 0.480 e. The van der Waals surface area contributed by atoms with Crippen LogP contribution in [0.4, 0.5) is 10.5 Å². The number of hydrogen-bond acceptors (Lipinski definition) is 2. The first-order chi connectivity index (χ1) is 10.0. The molecule has 5 nitrogen and oxygen atoms in total. The van der Waals surface area contributed by atoms with Crippen LogP contribution in [0, 0.1) is 6.92 Å². The number of carbonyl (C=O) groups is 2. The average Bonchev–Trinajstić information content (AvgIpc) is 2.93. The second-order valence-corrected chi connectivity index (χ2v) is 5.50. The van der Waals surface area contributed by atoms with Gasteiger partial charge in [0.15, 0.2) is 0 Å². The summed E-state index contributed by atoms with van der Waals surface area (Å²) in [5.41, 5.74) is 1.71. The number of aryl methyl sites for hydroxylation is 1. The van der Waals surface area contributed by atoms with Crippen LogP contribution in [-0.4, -0.2) is 41.1 Å². The summed E-state index contributed by atoms with van der Waals surface area (Å²) in [6.07, 6.45) is 2.89. The van der Waals surface area contributed by atoms with E-state index < -0.39 is 5.97 Å². The number of carboxylic acids is 1. The molecule has 1 atom stereocenters. The highest BCUT2D eigenvalue weighted by atomic mass is 16.4. The first-order valence-corrected chi connectivity index (χ1v) is 7.39. The Hall–Kier alpha value is -2.04. The van der Waals surface area contributed by atoms with E-state index in [1.165, 1.54) is 4.90 Å². The van der Waals surface area contributed by atoms with Gasteiger partial charge in [-0.3, -0.25) is 9.69 Å². The molecule has 1 N–H and O–H groups in total. The van der Waals surface area contributed by atoms with Crippen LogP contribution in [-0.2, 0) is 4.79 Å². The lowest BCUT2D eigenvalue weighted by Crippen LogP contribution is -2.47. The predicted octanol–water partition coefficient (Wildman–Crippen LogP) is 2.88. The molecule has 1 heterocycles. The molecule has 0 bridgehead atoms. The Morgan fingerprint density at radius 1 is 1.33 bits per heavy atom. The molecule has 0 aromatic heterocycles. The normalized spacial score (nSPS) is 17.8. The van der Waals surface area contributed by atoms with Gasteiger partial charge in [0, 0.05) is 18.3 Å². The second kappa shape index (κ2) is 6.61. The molecule has 2 rings (SSSR count). The third kappa shape index (κ3) is 3.54. The fourth-order valence-corrected chi connectivity index (χ4v) is 2.80. The molecular weight excluding hydrogens is 268 g/mol. The van der Waals surface area contributed by atoms with Gasteiger partial charge in [-0.1, -0.05) is 24.6 Å². The molecule has 0 radical (unpaired) electrons. The van der Waals surface area contributed by atoms with E-state index >= 15 is 0 Å². The minimum atomic E-state index is -1.00. The van der Waals surface area contributed by atoms with Gasteiger partial charge in [-0.25, -0.2) is 4.79 Å². The molecule has 2 amide bonds. The van der Waals surface area contributed by atoms with Crippen LogP contribution in [0.25, 0.3) is 0 Å². The van der Waals surface area contributed by atoms with E-state index in [9.17, 15) is 9.59 Å². The van der Waals surface area contributed by atoms with E-state index in [0.717, 1.165) is 24.8 Å². The van der Waals surface area contributed by atoms with Crippen molar-refractivity contribution < 1.29 is 14.7 Å². The summed E-state index contributed by atoms with van der Waals surface area (Å²) in [6, 6.07) is 7.39. The molecule has 0 saturated carbocycles. The third-order valence-corrected chi connectivity index (χ3v) is 3.96. The maximum Gasteiger partial charge on any atom is 0.325 e. The molecule has 1 aromatic rings. The quantitative estimate of drug-likeness (QED) is 0.927. The molecule has 1 saturated heterocycles. The van der Waals surface area contributed by atoms with E-state index in [-0.39, 0.29) is 18.6 Å². The van der Waals surface area contributed by atoms with E-state index in [0.29, 0.717) is 12.2 Å². The van der Waals surface area contributed by atoms with Crippen molar-refractivity contribution in [2.45, 2.75) is 39.2 Å². The highest BCUT2D eigenvalue weighted by molar-refractivity contribution is 5.96. The molecular formula is C16H22N2O3. The standard InChI is InChI=1S/C16H22N2O3/c1-3-13-5-4-10-17(13)16(21)18(11-15(19)20)14-8-6-12(2)7-9-14/h6-9,13H,3-5,10-11H2,1-2H3,(H,19,20). The van der Waals surface area contributed by atoms with Crippen LogP contribution in [0.15, 0.2) is 24.3 Å². The number of benzene rings is 1. The zero-order chi connectivity index (χ0) is 15.4. The summed E-state index contributed by atoms with van der Waals surface area (Å²) >= 11 is 0. The lowest BCUT2D eigenvalue weighted by molar-refractivity contribution is -0.135. The summed E-state index contributed by atoms with van der Waals surface area (Å²) < 4.78 is 0. The van der Waals surface area contributed by atoms with E-state index in [2.05, 4.69) is 6.92 Å². The van der Waals surface area contributed by atoms with Gasteiger partial charge in [0.1, 0.15) is 6.54 Å². The maximum atomic E-state index is 12.7. The Balaban J connectivity index is 2.24. The number of hydrogen-bond donors (Lipinski definition) is 1. The number of carbonyl (C=O) groups excluding carboxylic acids is 1. The summed E-state index contributed by atoms with van der Waals surface area (Å²) in [5, 5.41) is 9.10. The molecule has 21 heavy (non-hydrogen) atoms. The van der Waals surface area contributed by atoms with E-state index in [1.807, 2.05) is 24.0 Å². The smallest absolute Gasteiger partial charge is 0.325 e. The minimum Gasteiger partial charge on any atom is -0.480 e. The van der Waals surface area contributed by atoms with Gasteiger partial charge in [-0.2, -0.15) is 0 Å². The summed E-state index contributed by atoms with van der Waals surface area (Å²) in [4.78, 5) is 27.0. The average molecular weight is 290 g/mol. The van der Waals surface area contributed by atoms with E-state index in [1.54, 1.807) is 12.1 Å². The Kier molecular flexibility index (Phi) is 4.83. The van der Waals surface area contributed by atoms with Gasteiger partial charge in [-0.05, 0) is 38.3 Å². The van der Waals surface area contributed by atoms with E-state index in [4.69, 9.17) is 5.11 Å². The van der Waals surface area contributed by atoms with Gasteiger partial charge in [-0.15, -0.1) is 0 Å². The number of urea groups is 1. The summed E-state index contributed by atoms with van der Waals surface area (Å²) in [5.74, 6) is -1.00. The molecule has 114 valence electrons. The molecule has 1 aromatic carbocycles. The number of carboxylic acid groups (broad SMARTS) is 1. The Labute approximate surface area is 125 Å². The molecule has 0 spiro atoms. The monoisotopic (exact) mass is 290 g/mol. The number of amides is 2. The minimum absolute atomic E-state index is 0.203. The van der Waals surface area contributed by atoms with Crippen LogP contribution in [0.5, 0.6) is 0 Å². The van der Waals surface area contributed by atoms with Crippen molar-refractivity contribution in [3.63, 3.8) is 0 Å². The lowest BCUT2D eigenvalue weighted by Gasteiger charge is -2.30. The van der Waals surface area contributed by atoms with Gasteiger partial charge in [0.2, 0.25) is 0 Å². The van der Waals surface area contributed by atoms with Crippen molar-refractivity contribution in [1.82, 2.24) is 4.90 Å². The second-order valence-electron chi connectivity index (χ2n) is 5.50. The van der Waals surface area contributed by atoms with Crippen molar-refractivity contribution in [3.8, 4) is 0 Å². The zero-order valence-electron chi connectivity index (χ0n) is 12.6.